The molecule has 2 N–H and O–H groups in total. The topological polar surface area (TPSA) is 75.1 Å². The maximum atomic E-state index is 5.49. The van der Waals surface area contributed by atoms with Crippen molar-refractivity contribution in [2.45, 2.75) is 0 Å². The van der Waals surface area contributed by atoms with Crippen LogP contribution in [0.15, 0.2) is 92.1 Å². The highest BCUT2D eigenvalue weighted by molar-refractivity contribution is 7.16. The first-order valence-electron chi connectivity index (χ1n) is 10.1. The maximum absolute atomic E-state index is 5.49. The van der Waals surface area contributed by atoms with Crippen LogP contribution in [-0.4, -0.2) is 24.8 Å². The third-order valence-corrected chi connectivity index (χ3v) is 6.71. The molecule has 4 aromatic rings. The van der Waals surface area contributed by atoms with Gasteiger partial charge in [0.15, 0.2) is 0 Å². The number of guanidine groups is 1. The van der Waals surface area contributed by atoms with Crippen molar-refractivity contribution in [1.29, 1.82) is 0 Å². The second kappa shape index (κ2) is 9.67. The molecule has 4 aromatic heterocycles. The van der Waals surface area contributed by atoms with Crippen molar-refractivity contribution in [3.63, 3.8) is 0 Å². The fraction of sp³-hybridized carbons (Fsp3) is 0.0833. The van der Waals surface area contributed by atoms with E-state index in [2.05, 4.69) is 57.3 Å². The van der Waals surface area contributed by atoms with E-state index in [-0.39, 0.29) is 0 Å². The number of hydrogen-bond acceptors (Lipinski definition) is 8. The molecule has 8 heteroatoms. The summed E-state index contributed by atoms with van der Waals surface area (Å²) in [5.41, 5.74) is 3.79. The highest BCUT2D eigenvalue weighted by atomic mass is 32.1. The molecule has 0 bridgehead atoms. The Kier molecular flexibility index (Phi) is 6.13. The number of thiophene rings is 2. The van der Waals surface area contributed by atoms with Gasteiger partial charge in [0.1, 0.15) is 11.5 Å². The summed E-state index contributed by atoms with van der Waals surface area (Å²) in [5, 5.41) is 7.69. The van der Waals surface area contributed by atoms with Crippen molar-refractivity contribution in [2.24, 2.45) is 10.1 Å². The van der Waals surface area contributed by atoms with Gasteiger partial charge in [-0.05, 0) is 72.8 Å². The molecule has 0 aliphatic carbocycles. The lowest BCUT2D eigenvalue weighted by Gasteiger charge is -2.01. The summed E-state index contributed by atoms with van der Waals surface area (Å²) < 4.78 is 11.0. The van der Waals surface area contributed by atoms with Gasteiger partial charge in [-0.15, -0.1) is 22.7 Å². The van der Waals surface area contributed by atoms with Crippen LogP contribution in [0.3, 0.4) is 0 Å². The Morgan fingerprint density at radius 1 is 0.906 bits per heavy atom. The summed E-state index contributed by atoms with van der Waals surface area (Å²) in [7, 11) is 0. The number of furan rings is 2. The molecule has 160 valence electrons. The number of allylic oxidation sites excluding steroid dienone is 2. The molecule has 5 heterocycles. The second-order valence-corrected chi connectivity index (χ2v) is 9.06. The van der Waals surface area contributed by atoms with Crippen LogP contribution < -0.4 is 10.7 Å². The summed E-state index contributed by atoms with van der Waals surface area (Å²) in [4.78, 5) is 8.75. The third kappa shape index (κ3) is 4.99. The van der Waals surface area contributed by atoms with Gasteiger partial charge in [0, 0.05) is 16.3 Å². The van der Waals surface area contributed by atoms with Gasteiger partial charge >= 0.3 is 0 Å². The molecule has 0 spiro atoms. The van der Waals surface area contributed by atoms with Crippen LogP contribution in [0.25, 0.3) is 33.4 Å². The second-order valence-electron chi connectivity index (χ2n) is 6.83. The SMILES string of the molecule is C(=C\c1ccc(-c2ccco2)s1)/C(/C=C/c1ccc(-c2ccco2)s1)=NNC1=NCCN1. The van der Waals surface area contributed by atoms with Crippen molar-refractivity contribution in [3.8, 4) is 21.3 Å². The predicted molar refractivity (Wildman–Crippen MR) is 133 cm³/mol. The normalized spacial score (nSPS) is 13.6. The van der Waals surface area contributed by atoms with Crippen LogP contribution in [0.4, 0.5) is 0 Å². The average Bonchev–Trinajstić information content (AvgIpc) is 3.63. The lowest BCUT2D eigenvalue weighted by Crippen LogP contribution is -2.30. The minimum Gasteiger partial charge on any atom is -0.464 e. The molecule has 1 aliphatic rings. The van der Waals surface area contributed by atoms with Gasteiger partial charge in [-0.2, -0.15) is 5.10 Å². The Hall–Kier alpha value is -3.62. The van der Waals surface area contributed by atoms with E-state index in [0.29, 0.717) is 5.96 Å². The van der Waals surface area contributed by atoms with Crippen LogP contribution in [0.2, 0.25) is 0 Å². The van der Waals surface area contributed by atoms with Crippen LogP contribution in [-0.2, 0) is 0 Å². The molecule has 0 saturated heterocycles. The van der Waals surface area contributed by atoms with Gasteiger partial charge in [0.25, 0.3) is 0 Å². The smallest absolute Gasteiger partial charge is 0.212 e. The molecular formula is C24H20N4O2S2. The summed E-state index contributed by atoms with van der Waals surface area (Å²) >= 11 is 3.34. The Morgan fingerprint density at radius 3 is 2.03 bits per heavy atom. The number of rotatable bonds is 7. The number of hydrazone groups is 1. The summed E-state index contributed by atoms with van der Waals surface area (Å²) in [6.07, 6.45) is 11.4. The Bertz CT molecular complexity index is 1190. The largest absolute Gasteiger partial charge is 0.464 e. The molecule has 5 rings (SSSR count). The zero-order valence-corrected chi connectivity index (χ0v) is 18.7. The Balaban J connectivity index is 1.34. The monoisotopic (exact) mass is 460 g/mol. The summed E-state index contributed by atoms with van der Waals surface area (Å²) in [5.74, 6) is 2.44. The van der Waals surface area contributed by atoms with Crippen molar-refractivity contribution in [2.75, 3.05) is 13.1 Å². The van der Waals surface area contributed by atoms with E-state index in [9.17, 15) is 0 Å². The lowest BCUT2D eigenvalue weighted by molar-refractivity contribution is 0.583. The van der Waals surface area contributed by atoms with E-state index in [1.165, 1.54) is 0 Å². The summed E-state index contributed by atoms with van der Waals surface area (Å²) in [6, 6.07) is 16.0. The zero-order valence-electron chi connectivity index (χ0n) is 17.0. The van der Waals surface area contributed by atoms with E-state index in [0.717, 1.165) is 49.8 Å². The van der Waals surface area contributed by atoms with Gasteiger partial charge in [-0.3, -0.25) is 0 Å². The van der Waals surface area contributed by atoms with Gasteiger partial charge in [-0.1, -0.05) is 0 Å². The zero-order chi connectivity index (χ0) is 21.6. The van der Waals surface area contributed by atoms with E-state index < -0.39 is 0 Å². The summed E-state index contributed by atoms with van der Waals surface area (Å²) in [6.45, 7) is 1.59. The minimum absolute atomic E-state index is 0.691. The standard InChI is InChI=1S/C24H20N4O2S2/c1-3-20(29-15-1)22-11-9-18(31-22)7-5-17(27-28-24-25-13-14-26-24)6-8-19-10-12-23(32-19)21-4-2-16-30-21/h1-12,15-16H,13-14H2,(H2,25,26,28)/b7-5+,8-6+. The molecule has 1 aliphatic heterocycles. The van der Waals surface area contributed by atoms with Gasteiger partial charge in [0.05, 0.1) is 34.5 Å². The van der Waals surface area contributed by atoms with Gasteiger partial charge in [-0.25, -0.2) is 10.4 Å². The Labute approximate surface area is 193 Å². The lowest BCUT2D eigenvalue weighted by atomic mass is 10.2. The molecule has 0 fully saturated rings. The van der Waals surface area contributed by atoms with Crippen LogP contribution in [0, 0.1) is 0 Å². The van der Waals surface area contributed by atoms with Crippen LogP contribution in [0.5, 0.6) is 0 Å². The third-order valence-electron chi connectivity index (χ3n) is 4.58. The predicted octanol–water partition coefficient (Wildman–Crippen LogP) is 5.96. The van der Waals surface area contributed by atoms with Crippen molar-refractivity contribution >= 4 is 46.5 Å². The molecule has 0 unspecified atom stereocenters. The molecule has 0 aromatic carbocycles. The first-order chi connectivity index (χ1) is 15.8. The van der Waals surface area contributed by atoms with E-state index in [4.69, 9.17) is 8.83 Å². The van der Waals surface area contributed by atoms with E-state index >= 15 is 0 Å². The van der Waals surface area contributed by atoms with Gasteiger partial charge < -0.3 is 14.2 Å². The maximum Gasteiger partial charge on any atom is 0.212 e. The van der Waals surface area contributed by atoms with Crippen LogP contribution in [0.1, 0.15) is 9.75 Å². The van der Waals surface area contributed by atoms with Crippen molar-refractivity contribution in [3.05, 3.63) is 83.0 Å². The quantitative estimate of drug-likeness (QED) is 0.264. The molecule has 0 radical (unpaired) electrons. The fourth-order valence-electron chi connectivity index (χ4n) is 3.04. The van der Waals surface area contributed by atoms with E-state index in [1.807, 2.05) is 36.4 Å². The van der Waals surface area contributed by atoms with Crippen molar-refractivity contribution < 1.29 is 8.83 Å². The molecule has 6 nitrogen and oxygen atoms in total. The fourth-order valence-corrected chi connectivity index (χ4v) is 4.80. The van der Waals surface area contributed by atoms with Crippen molar-refractivity contribution in [1.82, 2.24) is 10.7 Å². The number of nitrogens with one attached hydrogen (secondary N) is 2. The van der Waals surface area contributed by atoms with E-state index in [1.54, 1.807) is 35.2 Å². The number of nitrogens with zero attached hydrogens (tertiary/aromatic N) is 2. The highest BCUT2D eigenvalue weighted by Crippen LogP contribution is 2.30. The van der Waals surface area contributed by atoms with Gasteiger partial charge in [0.2, 0.25) is 5.96 Å². The van der Waals surface area contributed by atoms with Crippen LogP contribution >= 0.6 is 22.7 Å². The molecule has 32 heavy (non-hydrogen) atoms. The molecular weight excluding hydrogens is 440 g/mol. The first kappa shape index (κ1) is 20.3. The minimum atomic E-state index is 0.691. The average molecular weight is 461 g/mol. The molecule has 0 atom stereocenters. The highest BCUT2D eigenvalue weighted by Gasteiger charge is 2.06. The molecule has 0 saturated carbocycles. The molecule has 0 amide bonds. The number of hydrogen-bond donors (Lipinski definition) is 2. The Morgan fingerprint density at radius 2 is 1.53 bits per heavy atom. The number of aliphatic imine (C=N–C) groups is 1. The first-order valence-corrected chi connectivity index (χ1v) is 11.7.